The number of ether oxygens (including phenoxy) is 1. The van der Waals surface area contributed by atoms with E-state index >= 15 is 0 Å². The van der Waals surface area contributed by atoms with Gasteiger partial charge in [0.05, 0.1) is 0 Å². The van der Waals surface area contributed by atoms with Crippen LogP contribution >= 0.6 is 0 Å². The van der Waals surface area contributed by atoms with E-state index in [4.69, 9.17) is 4.74 Å². The van der Waals surface area contributed by atoms with E-state index < -0.39 is 6.04 Å². The third-order valence-corrected chi connectivity index (χ3v) is 6.80. The van der Waals surface area contributed by atoms with Crippen LogP contribution in [0.4, 0.5) is 0 Å². The van der Waals surface area contributed by atoms with Gasteiger partial charge in [-0.15, -0.1) is 0 Å². The second-order valence-electron chi connectivity index (χ2n) is 9.66. The molecule has 1 saturated carbocycles. The molecular formula is C31H36N2O3. The molecule has 0 unspecified atom stereocenters. The molecular weight excluding hydrogens is 448 g/mol. The number of nitrogens with one attached hydrogen (secondary N) is 1. The van der Waals surface area contributed by atoms with Crippen molar-refractivity contribution in [1.29, 1.82) is 0 Å². The third kappa shape index (κ3) is 7.45. The van der Waals surface area contributed by atoms with Gasteiger partial charge in [0.1, 0.15) is 11.8 Å². The van der Waals surface area contributed by atoms with E-state index in [9.17, 15) is 9.59 Å². The summed E-state index contributed by atoms with van der Waals surface area (Å²) in [5.74, 6) is 0.337. The summed E-state index contributed by atoms with van der Waals surface area (Å²) in [5.41, 5.74) is 3.12. The van der Waals surface area contributed by atoms with E-state index in [1.54, 1.807) is 4.90 Å². The van der Waals surface area contributed by atoms with Crippen LogP contribution < -0.4 is 10.1 Å². The molecule has 5 heteroatoms. The Kier molecular flexibility index (Phi) is 9.15. The number of carbonyl (C=O) groups excluding carboxylic acids is 2. The fourth-order valence-electron chi connectivity index (χ4n) is 4.74. The van der Waals surface area contributed by atoms with Crippen LogP contribution in [0.15, 0.2) is 84.9 Å². The Labute approximate surface area is 214 Å². The van der Waals surface area contributed by atoms with Gasteiger partial charge in [0.15, 0.2) is 6.61 Å². The number of benzene rings is 3. The van der Waals surface area contributed by atoms with Crippen LogP contribution in [0.3, 0.4) is 0 Å². The molecule has 2 amide bonds. The average Bonchev–Trinajstić information content (AvgIpc) is 2.92. The van der Waals surface area contributed by atoms with Gasteiger partial charge in [-0.05, 0) is 43.0 Å². The highest BCUT2D eigenvalue weighted by Gasteiger charge is 2.32. The van der Waals surface area contributed by atoms with Crippen molar-refractivity contribution in [3.63, 3.8) is 0 Å². The van der Waals surface area contributed by atoms with Crippen molar-refractivity contribution in [3.8, 4) is 5.75 Å². The fraction of sp³-hybridized carbons (Fsp3) is 0.355. The highest BCUT2D eigenvalue weighted by atomic mass is 16.5. The minimum atomic E-state index is -0.636. The number of hydrogen-bond donors (Lipinski definition) is 1. The van der Waals surface area contributed by atoms with Crippen molar-refractivity contribution >= 4 is 11.8 Å². The lowest BCUT2D eigenvalue weighted by molar-refractivity contribution is -0.143. The molecule has 0 spiro atoms. The smallest absolute Gasteiger partial charge is 0.261 e. The zero-order valence-corrected chi connectivity index (χ0v) is 21.1. The molecule has 36 heavy (non-hydrogen) atoms. The first kappa shape index (κ1) is 25.5. The van der Waals surface area contributed by atoms with Crippen LogP contribution in [0.25, 0.3) is 0 Å². The van der Waals surface area contributed by atoms with Crippen molar-refractivity contribution in [2.45, 2.75) is 64.1 Å². The van der Waals surface area contributed by atoms with Crippen molar-refractivity contribution in [1.82, 2.24) is 10.2 Å². The first-order valence-electron chi connectivity index (χ1n) is 13.0. The zero-order valence-electron chi connectivity index (χ0n) is 21.1. The van der Waals surface area contributed by atoms with Gasteiger partial charge < -0.3 is 15.0 Å². The molecule has 0 aromatic heterocycles. The summed E-state index contributed by atoms with van der Waals surface area (Å²) in [6.45, 7) is 2.22. The highest BCUT2D eigenvalue weighted by Crippen LogP contribution is 2.20. The van der Waals surface area contributed by atoms with Crippen LogP contribution in [0.1, 0.15) is 48.8 Å². The van der Waals surface area contributed by atoms with Gasteiger partial charge in [0.2, 0.25) is 5.91 Å². The molecule has 3 aromatic rings. The summed E-state index contributed by atoms with van der Waals surface area (Å²) in [4.78, 5) is 29.0. The first-order chi connectivity index (χ1) is 17.6. The van der Waals surface area contributed by atoms with Gasteiger partial charge in [-0.2, -0.15) is 0 Å². The lowest BCUT2D eigenvalue weighted by atomic mass is 9.94. The predicted octanol–water partition coefficient (Wildman–Crippen LogP) is 5.46. The van der Waals surface area contributed by atoms with Gasteiger partial charge in [-0.1, -0.05) is 97.6 Å². The topological polar surface area (TPSA) is 58.6 Å². The number of carbonyl (C=O) groups is 2. The molecule has 0 saturated heterocycles. The van der Waals surface area contributed by atoms with Crippen molar-refractivity contribution in [2.75, 3.05) is 6.61 Å². The largest absolute Gasteiger partial charge is 0.484 e. The van der Waals surface area contributed by atoms with E-state index in [-0.39, 0.29) is 24.5 Å². The molecule has 1 N–H and O–H groups in total. The summed E-state index contributed by atoms with van der Waals surface area (Å²) in [6.07, 6.45) is 5.91. The number of nitrogens with zero attached hydrogens (tertiary/aromatic N) is 1. The second-order valence-corrected chi connectivity index (χ2v) is 9.66. The normalized spacial score (nSPS) is 14.6. The molecule has 0 bridgehead atoms. The molecule has 188 valence electrons. The fourth-order valence-corrected chi connectivity index (χ4v) is 4.74. The Balaban J connectivity index is 1.58. The standard InChI is InChI=1S/C31H36N2O3/c1-24-17-19-28(20-18-24)36-23-30(34)33(22-26-13-7-3-8-14-26)29(21-25-11-5-2-6-12-25)31(35)32-27-15-9-4-10-16-27/h2-3,5-8,11-14,17-20,27,29H,4,9-10,15-16,21-23H2,1H3,(H,32,35)/t29-/m1/s1. The summed E-state index contributed by atoms with van der Waals surface area (Å²) in [5, 5.41) is 3.27. The van der Waals surface area contributed by atoms with Crippen molar-refractivity contribution < 1.29 is 14.3 Å². The minimum absolute atomic E-state index is 0.0922. The van der Waals surface area contributed by atoms with Gasteiger partial charge in [0, 0.05) is 19.0 Å². The number of aryl methyl sites for hydroxylation is 1. The van der Waals surface area contributed by atoms with Crippen LogP contribution in [-0.4, -0.2) is 35.4 Å². The quantitative estimate of drug-likeness (QED) is 0.416. The predicted molar refractivity (Wildman–Crippen MR) is 143 cm³/mol. The molecule has 4 rings (SSSR count). The monoisotopic (exact) mass is 484 g/mol. The summed E-state index contributed by atoms with van der Waals surface area (Å²) in [6, 6.07) is 26.9. The summed E-state index contributed by atoms with van der Waals surface area (Å²) in [7, 11) is 0. The Morgan fingerprint density at radius 1 is 0.861 bits per heavy atom. The Morgan fingerprint density at radius 3 is 2.11 bits per heavy atom. The third-order valence-electron chi connectivity index (χ3n) is 6.80. The zero-order chi connectivity index (χ0) is 25.2. The van der Waals surface area contributed by atoms with Crippen LogP contribution in [0, 0.1) is 6.92 Å². The van der Waals surface area contributed by atoms with E-state index in [1.165, 1.54) is 6.42 Å². The highest BCUT2D eigenvalue weighted by molar-refractivity contribution is 5.88. The van der Waals surface area contributed by atoms with Gasteiger partial charge in [-0.3, -0.25) is 9.59 Å². The first-order valence-corrected chi connectivity index (χ1v) is 13.0. The molecule has 0 radical (unpaired) electrons. The van der Waals surface area contributed by atoms with E-state index in [1.807, 2.05) is 91.9 Å². The number of rotatable bonds is 10. The maximum atomic E-state index is 13.7. The molecule has 1 aliphatic rings. The SMILES string of the molecule is Cc1ccc(OCC(=O)N(Cc2ccccc2)[C@H](Cc2ccccc2)C(=O)NC2CCCCC2)cc1. The second kappa shape index (κ2) is 12.9. The van der Waals surface area contributed by atoms with E-state index in [0.717, 1.165) is 42.4 Å². The van der Waals surface area contributed by atoms with Gasteiger partial charge in [0.25, 0.3) is 5.91 Å². The maximum Gasteiger partial charge on any atom is 0.261 e. The van der Waals surface area contributed by atoms with Gasteiger partial charge >= 0.3 is 0 Å². The van der Waals surface area contributed by atoms with E-state index in [2.05, 4.69) is 5.32 Å². The summed E-state index contributed by atoms with van der Waals surface area (Å²) < 4.78 is 5.85. The number of amides is 2. The van der Waals surface area contributed by atoms with Crippen LogP contribution in [0.2, 0.25) is 0 Å². The molecule has 0 heterocycles. The van der Waals surface area contributed by atoms with Crippen LogP contribution in [0.5, 0.6) is 5.75 Å². The van der Waals surface area contributed by atoms with Crippen molar-refractivity contribution in [3.05, 3.63) is 102 Å². The number of hydrogen-bond acceptors (Lipinski definition) is 3. The van der Waals surface area contributed by atoms with Crippen LogP contribution in [-0.2, 0) is 22.6 Å². The molecule has 5 nitrogen and oxygen atoms in total. The molecule has 0 aliphatic heterocycles. The lowest BCUT2D eigenvalue weighted by Gasteiger charge is -2.33. The van der Waals surface area contributed by atoms with Crippen molar-refractivity contribution in [2.24, 2.45) is 0 Å². The molecule has 1 aliphatic carbocycles. The Bertz CT molecular complexity index is 1090. The molecule has 1 fully saturated rings. The Morgan fingerprint density at radius 2 is 1.47 bits per heavy atom. The summed E-state index contributed by atoms with van der Waals surface area (Å²) >= 11 is 0. The molecule has 1 atom stereocenters. The van der Waals surface area contributed by atoms with Gasteiger partial charge in [-0.25, -0.2) is 0 Å². The maximum absolute atomic E-state index is 13.7. The average molecular weight is 485 g/mol. The lowest BCUT2D eigenvalue weighted by Crippen LogP contribution is -2.53. The van der Waals surface area contributed by atoms with E-state index in [0.29, 0.717) is 18.7 Å². The minimum Gasteiger partial charge on any atom is -0.484 e. The Hall–Kier alpha value is -3.60. The molecule has 3 aromatic carbocycles.